The summed E-state index contributed by atoms with van der Waals surface area (Å²) in [6, 6.07) is 5.74. The molecule has 0 amide bonds. The number of carboxylic acid groups (broad SMARTS) is 1. The van der Waals surface area contributed by atoms with Crippen LogP contribution in [0.5, 0.6) is 11.5 Å². The summed E-state index contributed by atoms with van der Waals surface area (Å²) in [6.45, 7) is 8.95. The van der Waals surface area contributed by atoms with Crippen molar-refractivity contribution in [1.29, 1.82) is 0 Å². The topological polar surface area (TPSA) is 82.1 Å². The first kappa shape index (κ1) is 26.7. The number of hydrogen-bond acceptors (Lipinski definition) is 5. The summed E-state index contributed by atoms with van der Waals surface area (Å²) in [5, 5.41) is 9.31. The molecule has 31 heavy (non-hydrogen) atoms. The zero-order chi connectivity index (χ0) is 23.4. The van der Waals surface area contributed by atoms with Crippen LogP contribution in [0.4, 0.5) is 0 Å². The van der Waals surface area contributed by atoms with Crippen molar-refractivity contribution in [3.8, 4) is 11.5 Å². The van der Waals surface area contributed by atoms with E-state index in [0.29, 0.717) is 37.6 Å². The fraction of sp³-hybridized carbons (Fsp3) is 0.600. The fourth-order valence-electron chi connectivity index (χ4n) is 3.38. The summed E-state index contributed by atoms with van der Waals surface area (Å²) in [6.07, 6.45) is 4.95. The van der Waals surface area contributed by atoms with Gasteiger partial charge in [-0.05, 0) is 48.4 Å². The van der Waals surface area contributed by atoms with Gasteiger partial charge in [0.2, 0.25) is 0 Å². The molecule has 0 aromatic heterocycles. The number of hydrogen-bond donors (Lipinski definition) is 1. The predicted molar refractivity (Wildman–Crippen MR) is 122 cm³/mol. The average Bonchev–Trinajstić information content (AvgIpc) is 2.71. The minimum atomic E-state index is -0.830. The van der Waals surface area contributed by atoms with Gasteiger partial charge in [-0.25, -0.2) is 0 Å². The molecule has 0 unspecified atom stereocenters. The molecule has 0 saturated carbocycles. The maximum absolute atomic E-state index is 12.9. The van der Waals surface area contributed by atoms with Crippen molar-refractivity contribution < 1.29 is 28.9 Å². The van der Waals surface area contributed by atoms with Crippen molar-refractivity contribution in [2.45, 2.75) is 47.0 Å². The molecule has 0 radical (unpaired) electrons. The van der Waals surface area contributed by atoms with Gasteiger partial charge in [-0.3, -0.25) is 9.59 Å². The van der Waals surface area contributed by atoms with Gasteiger partial charge in [-0.15, -0.1) is 0 Å². The summed E-state index contributed by atoms with van der Waals surface area (Å²) >= 11 is 0. The third-order valence-electron chi connectivity index (χ3n) is 5.40. The Morgan fingerprint density at radius 2 is 1.68 bits per heavy atom. The second-order valence-electron chi connectivity index (χ2n) is 8.46. The van der Waals surface area contributed by atoms with E-state index >= 15 is 0 Å². The molecule has 0 aliphatic rings. The number of carbonyl (C=O) groups excluding carboxylic acids is 1. The quantitative estimate of drug-likeness (QED) is 0.315. The molecular weight excluding hydrogens is 396 g/mol. The predicted octanol–water partition coefficient (Wildman–Crippen LogP) is 4.80. The number of ether oxygens (including phenoxy) is 3. The molecule has 6 heteroatoms. The van der Waals surface area contributed by atoms with Gasteiger partial charge >= 0.3 is 5.97 Å². The SMILES string of the molecule is COCCCOc1cc(C[C@@H](C(=O)/C=C\C[C@H](C(=O)O)C(C)C)C(C)C)ccc1OC. The Hall–Kier alpha value is -2.34. The monoisotopic (exact) mass is 434 g/mol. The zero-order valence-corrected chi connectivity index (χ0v) is 19.7. The number of carboxylic acids is 1. The van der Waals surface area contributed by atoms with Crippen LogP contribution in [0, 0.1) is 23.7 Å². The molecule has 0 heterocycles. The van der Waals surface area contributed by atoms with E-state index in [1.165, 1.54) is 0 Å². The van der Waals surface area contributed by atoms with Gasteiger partial charge in [0.1, 0.15) is 0 Å². The number of carbonyl (C=O) groups is 2. The molecule has 1 N–H and O–H groups in total. The van der Waals surface area contributed by atoms with Crippen LogP contribution in [0.3, 0.4) is 0 Å². The van der Waals surface area contributed by atoms with Crippen LogP contribution in [0.15, 0.2) is 30.4 Å². The third-order valence-corrected chi connectivity index (χ3v) is 5.40. The van der Waals surface area contributed by atoms with Crippen LogP contribution in [-0.4, -0.2) is 44.3 Å². The van der Waals surface area contributed by atoms with E-state index in [1.807, 2.05) is 45.9 Å². The molecule has 6 nitrogen and oxygen atoms in total. The summed E-state index contributed by atoms with van der Waals surface area (Å²) in [5.41, 5.74) is 0.994. The van der Waals surface area contributed by atoms with Gasteiger partial charge in [0, 0.05) is 26.1 Å². The maximum atomic E-state index is 12.9. The lowest BCUT2D eigenvalue weighted by atomic mass is 9.85. The fourth-order valence-corrected chi connectivity index (χ4v) is 3.38. The smallest absolute Gasteiger partial charge is 0.307 e. The summed E-state index contributed by atoms with van der Waals surface area (Å²) in [4.78, 5) is 24.2. The van der Waals surface area contributed by atoms with E-state index < -0.39 is 11.9 Å². The van der Waals surface area contributed by atoms with Gasteiger partial charge in [-0.2, -0.15) is 0 Å². The number of methoxy groups -OCH3 is 2. The van der Waals surface area contributed by atoms with Gasteiger partial charge < -0.3 is 19.3 Å². The van der Waals surface area contributed by atoms with Crippen LogP contribution in [-0.2, 0) is 20.7 Å². The molecule has 0 fully saturated rings. The number of aliphatic carboxylic acids is 1. The molecule has 0 spiro atoms. The van der Waals surface area contributed by atoms with E-state index in [4.69, 9.17) is 14.2 Å². The van der Waals surface area contributed by atoms with E-state index in [9.17, 15) is 14.7 Å². The highest BCUT2D eigenvalue weighted by molar-refractivity contribution is 5.92. The lowest BCUT2D eigenvalue weighted by Crippen LogP contribution is -2.22. The molecule has 1 aromatic carbocycles. The maximum Gasteiger partial charge on any atom is 0.307 e. The molecule has 1 aromatic rings. The van der Waals surface area contributed by atoms with Crippen molar-refractivity contribution in [2.24, 2.45) is 23.7 Å². The van der Waals surface area contributed by atoms with Crippen LogP contribution >= 0.6 is 0 Å². The Kier molecular flexibility index (Phi) is 11.9. The Balaban J connectivity index is 2.88. The minimum absolute atomic E-state index is 0.0137. The Labute approximate surface area is 186 Å². The Morgan fingerprint density at radius 3 is 2.23 bits per heavy atom. The highest BCUT2D eigenvalue weighted by Crippen LogP contribution is 2.30. The van der Waals surface area contributed by atoms with Crippen molar-refractivity contribution in [2.75, 3.05) is 27.4 Å². The van der Waals surface area contributed by atoms with Gasteiger partial charge in [0.25, 0.3) is 0 Å². The van der Waals surface area contributed by atoms with E-state index in [1.54, 1.807) is 26.4 Å². The zero-order valence-electron chi connectivity index (χ0n) is 19.7. The highest BCUT2D eigenvalue weighted by Gasteiger charge is 2.23. The lowest BCUT2D eigenvalue weighted by Gasteiger charge is -2.19. The van der Waals surface area contributed by atoms with Gasteiger partial charge in [0.15, 0.2) is 17.3 Å². The van der Waals surface area contributed by atoms with Crippen LogP contribution in [0.1, 0.15) is 46.1 Å². The summed E-state index contributed by atoms with van der Waals surface area (Å²) in [7, 11) is 3.26. The number of benzene rings is 1. The molecule has 0 aliphatic heterocycles. The molecular formula is C25H38O6. The molecule has 174 valence electrons. The normalized spacial score (nSPS) is 13.5. The van der Waals surface area contributed by atoms with Crippen LogP contribution < -0.4 is 9.47 Å². The standard InChI is InChI=1S/C25H38O6/c1-17(2)20(25(27)28)9-7-10-22(26)21(18(3)4)15-19-11-12-23(30-6)24(16-19)31-14-8-13-29-5/h7,10-12,16-18,20-21H,8-9,13-15H2,1-6H3,(H,27,28)/b10-7-/t20-,21+/m0/s1. The molecule has 1 rings (SSSR count). The summed E-state index contributed by atoms with van der Waals surface area (Å²) < 4.78 is 16.3. The number of ketones is 1. The summed E-state index contributed by atoms with van der Waals surface area (Å²) in [5.74, 6) is -0.0329. The first-order chi connectivity index (χ1) is 14.7. The van der Waals surface area contributed by atoms with Gasteiger partial charge in [0.05, 0.1) is 19.6 Å². The molecule has 0 saturated heterocycles. The van der Waals surface area contributed by atoms with Gasteiger partial charge in [-0.1, -0.05) is 39.8 Å². The van der Waals surface area contributed by atoms with E-state index in [2.05, 4.69) is 0 Å². The van der Waals surface area contributed by atoms with Crippen molar-refractivity contribution in [3.05, 3.63) is 35.9 Å². The Bertz CT molecular complexity index is 723. The van der Waals surface area contributed by atoms with Crippen LogP contribution in [0.2, 0.25) is 0 Å². The van der Waals surface area contributed by atoms with Crippen molar-refractivity contribution in [1.82, 2.24) is 0 Å². The minimum Gasteiger partial charge on any atom is -0.493 e. The third kappa shape index (κ3) is 9.13. The first-order valence-corrected chi connectivity index (χ1v) is 10.9. The van der Waals surface area contributed by atoms with Crippen molar-refractivity contribution in [3.63, 3.8) is 0 Å². The second-order valence-corrected chi connectivity index (χ2v) is 8.46. The van der Waals surface area contributed by atoms with Crippen molar-refractivity contribution >= 4 is 11.8 Å². The van der Waals surface area contributed by atoms with Crippen LogP contribution in [0.25, 0.3) is 0 Å². The highest BCUT2D eigenvalue weighted by atomic mass is 16.5. The number of rotatable bonds is 15. The van der Waals surface area contributed by atoms with E-state index in [0.717, 1.165) is 12.0 Å². The Morgan fingerprint density at radius 1 is 1.00 bits per heavy atom. The first-order valence-electron chi connectivity index (χ1n) is 10.9. The van der Waals surface area contributed by atoms with E-state index in [-0.39, 0.29) is 23.5 Å². The molecule has 2 atom stereocenters. The second kappa shape index (κ2) is 13.9. The molecule has 0 bridgehead atoms. The lowest BCUT2D eigenvalue weighted by molar-refractivity contribution is -0.143. The number of allylic oxidation sites excluding steroid dienone is 2. The molecule has 0 aliphatic carbocycles. The largest absolute Gasteiger partial charge is 0.493 e. The average molecular weight is 435 g/mol.